The van der Waals surface area contributed by atoms with Crippen LogP contribution in [-0.2, 0) is 32.2 Å². The number of benzene rings is 3. The normalized spacial score (nSPS) is 19.2. The average molecular weight is 418 g/mol. The predicted octanol–water partition coefficient (Wildman–Crippen LogP) is 4.99. The van der Waals surface area contributed by atoms with E-state index in [9.17, 15) is 0 Å². The molecule has 0 aliphatic carbocycles. The summed E-state index contributed by atoms with van der Waals surface area (Å²) in [6, 6.07) is 27.5. The van der Waals surface area contributed by atoms with Gasteiger partial charge in [0.1, 0.15) is 12.2 Å². The summed E-state index contributed by atoms with van der Waals surface area (Å²) in [6.45, 7) is 4.19. The fraction of sp³-hybridized carbons (Fsp3) is 0.308. The Balaban J connectivity index is 1.30. The van der Waals surface area contributed by atoms with E-state index < -0.39 is 0 Å². The third kappa shape index (κ3) is 5.71. The molecule has 2 heterocycles. The molecule has 2 unspecified atom stereocenters. The van der Waals surface area contributed by atoms with Crippen molar-refractivity contribution in [3.8, 4) is 0 Å². The van der Waals surface area contributed by atoms with E-state index in [1.807, 2.05) is 6.07 Å². The van der Waals surface area contributed by atoms with Gasteiger partial charge < -0.3 is 23.8 Å². The lowest BCUT2D eigenvalue weighted by molar-refractivity contribution is 0.104. The Kier molecular flexibility index (Phi) is 6.27. The van der Waals surface area contributed by atoms with E-state index in [1.54, 1.807) is 0 Å². The van der Waals surface area contributed by atoms with Crippen molar-refractivity contribution in [3.63, 3.8) is 0 Å². The quantitative estimate of drug-likeness (QED) is 0.412. The zero-order valence-electron chi connectivity index (χ0n) is 17.5. The lowest BCUT2D eigenvalue weighted by atomic mass is 10.1. The van der Waals surface area contributed by atoms with Crippen LogP contribution in [0.1, 0.15) is 11.1 Å². The number of para-hydroxylation sites is 1. The first kappa shape index (κ1) is 20.2. The molecule has 2 saturated heterocycles. The molecule has 5 heteroatoms. The van der Waals surface area contributed by atoms with Crippen LogP contribution in [0.4, 0.5) is 17.1 Å². The molecule has 2 fully saturated rings. The lowest BCUT2D eigenvalue weighted by Crippen LogP contribution is -2.10. The summed E-state index contributed by atoms with van der Waals surface area (Å²) < 4.78 is 21.8. The maximum Gasteiger partial charge on any atom is 0.104 e. The molecule has 2 atom stereocenters. The number of rotatable bonds is 11. The summed E-state index contributed by atoms with van der Waals surface area (Å²) in [6.07, 6.45) is 0.589. The van der Waals surface area contributed by atoms with Gasteiger partial charge in [-0.15, -0.1) is 0 Å². The van der Waals surface area contributed by atoms with E-state index >= 15 is 0 Å². The summed E-state index contributed by atoms with van der Waals surface area (Å²) in [4.78, 5) is 2.26. The van der Waals surface area contributed by atoms with E-state index in [0.29, 0.717) is 38.6 Å². The van der Waals surface area contributed by atoms with Gasteiger partial charge >= 0.3 is 0 Å². The van der Waals surface area contributed by atoms with Crippen LogP contribution < -0.4 is 4.90 Å². The van der Waals surface area contributed by atoms with Crippen molar-refractivity contribution >= 4 is 17.1 Å². The van der Waals surface area contributed by atoms with Crippen LogP contribution >= 0.6 is 0 Å². The second-order valence-electron chi connectivity index (χ2n) is 7.94. The summed E-state index contributed by atoms with van der Waals surface area (Å²) in [7, 11) is 0. The van der Waals surface area contributed by atoms with Gasteiger partial charge in [0.25, 0.3) is 0 Å². The molecule has 0 bridgehead atoms. The van der Waals surface area contributed by atoms with E-state index in [-0.39, 0.29) is 0 Å². The molecule has 0 N–H and O–H groups in total. The van der Waals surface area contributed by atoms with Crippen molar-refractivity contribution in [3.05, 3.63) is 90.0 Å². The Morgan fingerprint density at radius 1 is 0.613 bits per heavy atom. The number of hydrogen-bond donors (Lipinski definition) is 0. The van der Waals surface area contributed by atoms with Gasteiger partial charge in [0.15, 0.2) is 0 Å². The second kappa shape index (κ2) is 9.62. The van der Waals surface area contributed by atoms with Crippen molar-refractivity contribution in [2.75, 3.05) is 31.3 Å². The summed E-state index contributed by atoms with van der Waals surface area (Å²) in [5, 5.41) is 0. The number of anilines is 3. The Morgan fingerprint density at radius 3 is 1.45 bits per heavy atom. The third-order valence-corrected chi connectivity index (χ3v) is 5.35. The third-order valence-electron chi connectivity index (χ3n) is 5.35. The Morgan fingerprint density at radius 2 is 1.03 bits per heavy atom. The number of hydrogen-bond acceptors (Lipinski definition) is 5. The monoisotopic (exact) mass is 417 g/mol. The lowest BCUT2D eigenvalue weighted by Gasteiger charge is -2.26. The topological polar surface area (TPSA) is 46.8 Å². The largest absolute Gasteiger partial charge is 0.374 e. The van der Waals surface area contributed by atoms with E-state index in [0.717, 1.165) is 41.4 Å². The summed E-state index contributed by atoms with van der Waals surface area (Å²) in [5.41, 5.74) is 5.65. The summed E-state index contributed by atoms with van der Waals surface area (Å²) >= 11 is 0. The minimum atomic E-state index is 0.295. The van der Waals surface area contributed by atoms with Gasteiger partial charge in [-0.3, -0.25) is 0 Å². The highest BCUT2D eigenvalue weighted by Crippen LogP contribution is 2.34. The molecule has 0 amide bonds. The van der Waals surface area contributed by atoms with E-state index in [1.165, 1.54) is 0 Å². The molecule has 0 spiro atoms. The maximum absolute atomic E-state index is 5.72. The molecule has 5 nitrogen and oxygen atoms in total. The van der Waals surface area contributed by atoms with Crippen LogP contribution in [0.2, 0.25) is 0 Å². The highest BCUT2D eigenvalue weighted by Gasteiger charge is 2.23. The van der Waals surface area contributed by atoms with Gasteiger partial charge in [0.05, 0.1) is 39.6 Å². The minimum absolute atomic E-state index is 0.295. The molecule has 5 rings (SSSR count). The van der Waals surface area contributed by atoms with Crippen molar-refractivity contribution in [2.45, 2.75) is 25.4 Å². The zero-order chi connectivity index (χ0) is 20.9. The molecule has 2 aliphatic heterocycles. The first-order chi connectivity index (χ1) is 15.3. The molecule has 0 radical (unpaired) electrons. The first-order valence-corrected chi connectivity index (χ1v) is 10.8. The van der Waals surface area contributed by atoms with Crippen LogP contribution in [0.3, 0.4) is 0 Å². The van der Waals surface area contributed by atoms with Gasteiger partial charge in [-0.05, 0) is 47.5 Å². The fourth-order valence-electron chi connectivity index (χ4n) is 3.45. The minimum Gasteiger partial charge on any atom is -0.374 e. The van der Waals surface area contributed by atoms with E-state index in [2.05, 4.69) is 77.7 Å². The first-order valence-electron chi connectivity index (χ1n) is 10.8. The van der Waals surface area contributed by atoms with Gasteiger partial charge in [-0.2, -0.15) is 0 Å². The van der Waals surface area contributed by atoms with Crippen LogP contribution in [0.15, 0.2) is 78.9 Å². The van der Waals surface area contributed by atoms with Crippen molar-refractivity contribution in [1.29, 1.82) is 0 Å². The van der Waals surface area contributed by atoms with Crippen LogP contribution in [0.25, 0.3) is 0 Å². The highest BCUT2D eigenvalue weighted by atomic mass is 16.6. The number of ether oxygens (including phenoxy) is 4. The molecule has 0 saturated carbocycles. The molecule has 0 aromatic heterocycles. The van der Waals surface area contributed by atoms with Crippen LogP contribution in [-0.4, -0.2) is 38.6 Å². The molecular formula is C26H27NO4. The zero-order valence-corrected chi connectivity index (χ0v) is 17.5. The Labute approximate surface area is 183 Å². The van der Waals surface area contributed by atoms with Gasteiger partial charge in [-0.25, -0.2) is 0 Å². The van der Waals surface area contributed by atoms with Crippen molar-refractivity contribution in [2.24, 2.45) is 0 Å². The van der Waals surface area contributed by atoms with Crippen molar-refractivity contribution < 1.29 is 18.9 Å². The second-order valence-corrected chi connectivity index (χ2v) is 7.94. The molecule has 2 aliphatic rings. The van der Waals surface area contributed by atoms with Gasteiger partial charge in [0, 0.05) is 17.1 Å². The number of nitrogens with zero attached hydrogens (tertiary/aromatic N) is 1. The molecular weight excluding hydrogens is 390 g/mol. The van der Waals surface area contributed by atoms with Gasteiger partial charge in [-0.1, -0.05) is 42.5 Å². The highest BCUT2D eigenvalue weighted by molar-refractivity contribution is 5.76. The SMILES string of the molecule is c1ccc(N(c2ccc(COCC3CO3)cc2)c2ccc(COCC3CO3)cc2)cc1. The Bertz CT molecular complexity index is 889. The van der Waals surface area contributed by atoms with Crippen LogP contribution in [0.5, 0.6) is 0 Å². The van der Waals surface area contributed by atoms with Gasteiger partial charge in [0.2, 0.25) is 0 Å². The van der Waals surface area contributed by atoms with Crippen LogP contribution in [0, 0.1) is 0 Å². The van der Waals surface area contributed by atoms with E-state index in [4.69, 9.17) is 18.9 Å². The average Bonchev–Trinajstić information content (AvgIpc) is 3.73. The number of epoxide rings is 2. The Hall–Kier alpha value is -2.70. The predicted molar refractivity (Wildman–Crippen MR) is 120 cm³/mol. The molecule has 31 heavy (non-hydrogen) atoms. The molecule has 3 aromatic rings. The fourth-order valence-corrected chi connectivity index (χ4v) is 3.45. The molecule has 3 aromatic carbocycles. The smallest absolute Gasteiger partial charge is 0.104 e. The molecule has 160 valence electrons. The summed E-state index contributed by atoms with van der Waals surface area (Å²) in [5.74, 6) is 0. The van der Waals surface area contributed by atoms with Crippen molar-refractivity contribution in [1.82, 2.24) is 0 Å². The maximum atomic E-state index is 5.72. The standard InChI is InChI=1S/C26H27NO4/c1-2-4-22(5-3-1)27(23-10-6-20(7-11-23)14-28-16-25-18-30-25)24-12-8-21(9-13-24)15-29-17-26-19-31-26/h1-13,25-26H,14-19H2.